The summed E-state index contributed by atoms with van der Waals surface area (Å²) in [6, 6.07) is 6.35. The minimum atomic E-state index is -3.29. The molecule has 2 aliphatic heterocycles. The van der Waals surface area contributed by atoms with E-state index in [1.54, 1.807) is 12.1 Å². The van der Waals surface area contributed by atoms with Crippen molar-refractivity contribution in [2.24, 2.45) is 0 Å². The number of benzene rings is 1. The summed E-state index contributed by atoms with van der Waals surface area (Å²) in [5, 5.41) is 1.65. The molecule has 1 aromatic rings. The Morgan fingerprint density at radius 1 is 1.11 bits per heavy atom. The highest BCUT2D eigenvalue weighted by Crippen LogP contribution is 2.24. The van der Waals surface area contributed by atoms with Crippen LogP contribution in [0.4, 0.5) is 0 Å². The third-order valence-electron chi connectivity index (χ3n) is 2.89. The molecule has 0 spiro atoms. The fraction of sp³-hybridized carbons (Fsp3) is 0.167. The second kappa shape index (κ2) is 4.01. The van der Waals surface area contributed by atoms with Crippen molar-refractivity contribution in [3.8, 4) is 0 Å². The first-order valence-electron chi connectivity index (χ1n) is 5.53. The second-order valence-electron chi connectivity index (χ2n) is 4.25. The van der Waals surface area contributed by atoms with E-state index < -0.39 is 27.8 Å². The highest BCUT2D eigenvalue weighted by Gasteiger charge is 2.39. The Hall–Kier alpha value is -1.99. The Balaban J connectivity index is 1.84. The van der Waals surface area contributed by atoms with Gasteiger partial charge in [0, 0.05) is 5.41 Å². The lowest BCUT2D eigenvalue weighted by Gasteiger charge is -2.16. The summed E-state index contributed by atoms with van der Waals surface area (Å²) in [5.74, 6) is -1.41. The van der Waals surface area contributed by atoms with Crippen molar-refractivity contribution >= 4 is 21.7 Å². The summed E-state index contributed by atoms with van der Waals surface area (Å²) in [6.07, 6.45) is 0.506. The van der Waals surface area contributed by atoms with Crippen LogP contribution in [0.5, 0.6) is 0 Å². The standard InChI is InChI=1S/C12H9NO5S/c14-11-9-3-1-2-4-10(9)12(15)13(11)18-8-5-6-19(16,17)7-8/h1-6,8H,7H2. The molecule has 98 valence electrons. The fourth-order valence-corrected chi connectivity index (χ4v) is 3.17. The number of rotatable bonds is 2. The molecule has 0 aromatic heterocycles. The SMILES string of the molecule is O=C1c2ccccc2C(=O)N1OC1C=CS(=O)(=O)C1. The lowest BCUT2D eigenvalue weighted by atomic mass is 10.1. The van der Waals surface area contributed by atoms with E-state index in [-0.39, 0.29) is 16.9 Å². The third kappa shape index (κ3) is 1.96. The predicted octanol–water partition coefficient (Wildman–Crippen LogP) is 0.525. The summed E-state index contributed by atoms with van der Waals surface area (Å²) in [4.78, 5) is 29.1. The fourth-order valence-electron chi connectivity index (χ4n) is 2.01. The average Bonchev–Trinajstić information content (AvgIpc) is 2.83. The van der Waals surface area contributed by atoms with E-state index in [2.05, 4.69) is 0 Å². The van der Waals surface area contributed by atoms with Crippen molar-refractivity contribution in [1.29, 1.82) is 0 Å². The van der Waals surface area contributed by atoms with Crippen LogP contribution in [0, 0.1) is 0 Å². The summed E-state index contributed by atoms with van der Waals surface area (Å²) >= 11 is 0. The van der Waals surface area contributed by atoms with Gasteiger partial charge in [0.15, 0.2) is 9.84 Å². The van der Waals surface area contributed by atoms with Crippen LogP contribution in [0.15, 0.2) is 35.7 Å². The largest absolute Gasteiger partial charge is 0.285 e. The lowest BCUT2D eigenvalue weighted by Crippen LogP contribution is -2.35. The van der Waals surface area contributed by atoms with E-state index >= 15 is 0 Å². The van der Waals surface area contributed by atoms with Crippen LogP contribution in [0.1, 0.15) is 20.7 Å². The third-order valence-corrected chi connectivity index (χ3v) is 4.26. The number of hydrogen-bond acceptors (Lipinski definition) is 5. The van der Waals surface area contributed by atoms with Crippen LogP contribution in [-0.2, 0) is 14.7 Å². The van der Waals surface area contributed by atoms with Gasteiger partial charge in [-0.05, 0) is 18.2 Å². The normalized spacial score (nSPS) is 24.0. The van der Waals surface area contributed by atoms with Gasteiger partial charge in [-0.25, -0.2) is 8.42 Å². The Bertz CT molecular complexity index is 672. The van der Waals surface area contributed by atoms with Crippen LogP contribution in [0.2, 0.25) is 0 Å². The van der Waals surface area contributed by atoms with E-state index in [9.17, 15) is 18.0 Å². The van der Waals surface area contributed by atoms with Crippen molar-refractivity contribution in [3.63, 3.8) is 0 Å². The molecule has 0 N–H and O–H groups in total. The quantitative estimate of drug-likeness (QED) is 0.737. The number of sulfone groups is 1. The first kappa shape index (κ1) is 12.1. The zero-order valence-electron chi connectivity index (χ0n) is 9.65. The van der Waals surface area contributed by atoms with E-state index in [0.717, 1.165) is 5.41 Å². The van der Waals surface area contributed by atoms with Gasteiger partial charge in [0.2, 0.25) is 0 Å². The van der Waals surface area contributed by atoms with Crippen LogP contribution in [0.3, 0.4) is 0 Å². The number of carbonyl (C=O) groups excluding carboxylic acids is 2. The number of hydroxylamine groups is 2. The van der Waals surface area contributed by atoms with Gasteiger partial charge in [0.05, 0.1) is 16.9 Å². The highest BCUT2D eigenvalue weighted by atomic mass is 32.2. The van der Waals surface area contributed by atoms with Gasteiger partial charge in [0.1, 0.15) is 6.10 Å². The molecule has 2 heterocycles. The zero-order chi connectivity index (χ0) is 13.6. The molecule has 0 radical (unpaired) electrons. The van der Waals surface area contributed by atoms with Crippen LogP contribution >= 0.6 is 0 Å². The minimum absolute atomic E-state index is 0.261. The Morgan fingerprint density at radius 3 is 2.16 bits per heavy atom. The molecule has 0 aliphatic carbocycles. The number of imide groups is 1. The van der Waals surface area contributed by atoms with Crippen molar-refractivity contribution in [2.45, 2.75) is 6.10 Å². The van der Waals surface area contributed by atoms with Gasteiger partial charge in [0.25, 0.3) is 11.8 Å². The van der Waals surface area contributed by atoms with Gasteiger partial charge >= 0.3 is 0 Å². The molecule has 1 unspecified atom stereocenters. The molecular formula is C12H9NO5S. The molecule has 1 aromatic carbocycles. The number of amides is 2. The number of fused-ring (bicyclic) bond motifs is 1. The summed E-state index contributed by atoms with van der Waals surface area (Å²) in [6.45, 7) is 0. The van der Waals surface area contributed by atoms with E-state index in [4.69, 9.17) is 4.84 Å². The lowest BCUT2D eigenvalue weighted by molar-refractivity contribution is -0.109. The number of carbonyl (C=O) groups is 2. The molecule has 6 nitrogen and oxygen atoms in total. The summed E-state index contributed by atoms with van der Waals surface area (Å²) < 4.78 is 22.5. The van der Waals surface area contributed by atoms with E-state index in [0.29, 0.717) is 5.06 Å². The van der Waals surface area contributed by atoms with Crippen LogP contribution in [0.25, 0.3) is 0 Å². The maximum atomic E-state index is 12.0. The molecule has 0 fully saturated rings. The van der Waals surface area contributed by atoms with Gasteiger partial charge in [-0.3, -0.25) is 14.4 Å². The topological polar surface area (TPSA) is 80.8 Å². The molecular weight excluding hydrogens is 270 g/mol. The Labute approximate surface area is 109 Å². The molecule has 0 saturated heterocycles. The van der Waals surface area contributed by atoms with Gasteiger partial charge in [-0.15, -0.1) is 5.06 Å². The summed E-state index contributed by atoms with van der Waals surface area (Å²) in [5.41, 5.74) is 0.523. The van der Waals surface area contributed by atoms with Gasteiger partial charge in [-0.2, -0.15) is 0 Å². The smallest absolute Gasteiger partial charge is 0.266 e. The maximum Gasteiger partial charge on any atom is 0.285 e. The van der Waals surface area contributed by atoms with Gasteiger partial charge < -0.3 is 0 Å². The molecule has 1 atom stereocenters. The van der Waals surface area contributed by atoms with Crippen molar-refractivity contribution in [1.82, 2.24) is 5.06 Å². The van der Waals surface area contributed by atoms with E-state index in [1.807, 2.05) is 0 Å². The molecule has 2 amide bonds. The van der Waals surface area contributed by atoms with E-state index in [1.165, 1.54) is 18.2 Å². The van der Waals surface area contributed by atoms with Crippen molar-refractivity contribution in [2.75, 3.05) is 5.75 Å². The number of hydrogen-bond donors (Lipinski definition) is 0. The van der Waals surface area contributed by atoms with Crippen molar-refractivity contribution < 1.29 is 22.8 Å². The molecule has 0 saturated carbocycles. The number of nitrogens with zero attached hydrogens (tertiary/aromatic N) is 1. The van der Waals surface area contributed by atoms with Crippen LogP contribution in [-0.4, -0.2) is 37.2 Å². The zero-order valence-corrected chi connectivity index (χ0v) is 10.5. The molecule has 7 heteroatoms. The second-order valence-corrected chi connectivity index (χ2v) is 6.18. The Morgan fingerprint density at radius 2 is 1.68 bits per heavy atom. The molecule has 19 heavy (non-hydrogen) atoms. The average molecular weight is 279 g/mol. The monoisotopic (exact) mass is 279 g/mol. The van der Waals surface area contributed by atoms with Gasteiger partial charge in [-0.1, -0.05) is 12.1 Å². The predicted molar refractivity (Wildman–Crippen MR) is 64.7 cm³/mol. The maximum absolute atomic E-state index is 12.0. The molecule has 2 aliphatic rings. The summed E-state index contributed by atoms with van der Waals surface area (Å²) in [7, 11) is -3.29. The van der Waals surface area contributed by atoms with Crippen molar-refractivity contribution in [3.05, 3.63) is 46.9 Å². The first-order valence-corrected chi connectivity index (χ1v) is 7.25. The first-order chi connectivity index (χ1) is 8.98. The molecule has 0 bridgehead atoms. The molecule has 3 rings (SSSR count). The van der Waals surface area contributed by atoms with Crippen LogP contribution < -0.4 is 0 Å². The minimum Gasteiger partial charge on any atom is -0.266 e. The highest BCUT2D eigenvalue weighted by molar-refractivity contribution is 7.94. The Kier molecular flexibility index (Phi) is 2.54.